The van der Waals surface area contributed by atoms with Crippen molar-refractivity contribution in [3.8, 4) is 11.8 Å². The van der Waals surface area contributed by atoms with Gasteiger partial charge in [0.1, 0.15) is 11.8 Å². The quantitative estimate of drug-likeness (QED) is 0.736. The van der Waals surface area contributed by atoms with Crippen molar-refractivity contribution >= 4 is 23.2 Å². The van der Waals surface area contributed by atoms with E-state index in [0.717, 1.165) is 0 Å². The van der Waals surface area contributed by atoms with Crippen molar-refractivity contribution < 1.29 is 4.74 Å². The van der Waals surface area contributed by atoms with Crippen molar-refractivity contribution in [2.45, 2.75) is 0 Å². The number of hydrogen-bond acceptors (Lipinski definition) is 2. The maximum absolute atomic E-state index is 8.22. The Hall–Kier alpha value is -0.910. The Labute approximate surface area is 80.3 Å². The van der Waals surface area contributed by atoms with Crippen LogP contribution in [0.15, 0.2) is 12.1 Å². The zero-order valence-electron chi connectivity index (χ0n) is 5.97. The molecule has 1 aromatic rings. The summed E-state index contributed by atoms with van der Waals surface area (Å²) in [6.07, 6.45) is 0. The minimum atomic E-state index is -0.0438. The topological polar surface area (TPSA) is 33.0 Å². The Bertz CT molecular complexity index is 319. The van der Waals surface area contributed by atoms with Gasteiger partial charge in [0.15, 0.2) is 6.61 Å². The van der Waals surface area contributed by atoms with Gasteiger partial charge in [0, 0.05) is 11.1 Å². The van der Waals surface area contributed by atoms with Crippen LogP contribution in [0, 0.1) is 17.4 Å². The molecule has 1 aromatic carbocycles. The highest BCUT2D eigenvalue weighted by Crippen LogP contribution is 2.26. The standard InChI is InChI=1S/C8H4Cl2NO/c9-6-1-2-8(7(10)5-6)12-4-3-11/h1,5H,4H2. The van der Waals surface area contributed by atoms with Crippen molar-refractivity contribution in [1.29, 1.82) is 5.26 Å². The second-order valence-corrected chi connectivity index (χ2v) is 2.79. The Morgan fingerprint density at radius 3 is 2.92 bits per heavy atom. The predicted octanol–water partition coefficient (Wildman–Crippen LogP) is 2.70. The molecule has 0 heterocycles. The summed E-state index contributed by atoms with van der Waals surface area (Å²) < 4.78 is 4.93. The molecule has 4 heteroatoms. The number of benzene rings is 1. The van der Waals surface area contributed by atoms with E-state index in [-0.39, 0.29) is 6.61 Å². The van der Waals surface area contributed by atoms with Gasteiger partial charge in [0.05, 0.1) is 5.02 Å². The fourth-order valence-corrected chi connectivity index (χ4v) is 1.09. The first-order valence-corrected chi connectivity index (χ1v) is 3.86. The number of hydrogen-bond donors (Lipinski definition) is 0. The van der Waals surface area contributed by atoms with Crippen molar-refractivity contribution in [2.75, 3.05) is 6.61 Å². The predicted molar refractivity (Wildman–Crippen MR) is 46.4 cm³/mol. The maximum Gasteiger partial charge on any atom is 0.174 e. The molecule has 0 atom stereocenters. The van der Waals surface area contributed by atoms with E-state index < -0.39 is 0 Å². The second-order valence-electron chi connectivity index (χ2n) is 1.94. The summed E-state index contributed by atoms with van der Waals surface area (Å²) in [6, 6.07) is 7.59. The third kappa shape index (κ3) is 2.30. The molecule has 12 heavy (non-hydrogen) atoms. The van der Waals surface area contributed by atoms with Crippen LogP contribution in [0.2, 0.25) is 10.0 Å². The van der Waals surface area contributed by atoms with Gasteiger partial charge < -0.3 is 4.74 Å². The van der Waals surface area contributed by atoms with E-state index in [2.05, 4.69) is 6.07 Å². The van der Waals surface area contributed by atoms with Gasteiger partial charge in [0.25, 0.3) is 0 Å². The minimum absolute atomic E-state index is 0.0438. The number of rotatable bonds is 2. The largest absolute Gasteiger partial charge is 0.477 e. The van der Waals surface area contributed by atoms with Crippen LogP contribution >= 0.6 is 23.2 Å². The van der Waals surface area contributed by atoms with Crippen molar-refractivity contribution in [3.63, 3.8) is 0 Å². The lowest BCUT2D eigenvalue weighted by molar-refractivity contribution is 0.367. The van der Waals surface area contributed by atoms with Gasteiger partial charge in [-0.2, -0.15) is 5.26 Å². The molecule has 2 nitrogen and oxygen atoms in total. The van der Waals surface area contributed by atoms with E-state index in [9.17, 15) is 0 Å². The van der Waals surface area contributed by atoms with Gasteiger partial charge >= 0.3 is 0 Å². The van der Waals surface area contributed by atoms with Crippen molar-refractivity contribution in [2.24, 2.45) is 0 Å². The highest BCUT2D eigenvalue weighted by Gasteiger charge is 2.01. The van der Waals surface area contributed by atoms with Crippen LogP contribution in [0.3, 0.4) is 0 Å². The molecular weight excluding hydrogens is 197 g/mol. The highest BCUT2D eigenvalue weighted by molar-refractivity contribution is 6.35. The van der Waals surface area contributed by atoms with Gasteiger partial charge in [-0.25, -0.2) is 0 Å². The van der Waals surface area contributed by atoms with Gasteiger partial charge in [-0.15, -0.1) is 0 Å². The monoisotopic (exact) mass is 200 g/mol. The molecule has 61 valence electrons. The minimum Gasteiger partial charge on any atom is -0.477 e. The van der Waals surface area contributed by atoms with E-state index in [1.54, 1.807) is 0 Å². The number of halogens is 2. The van der Waals surface area contributed by atoms with Crippen molar-refractivity contribution in [1.82, 2.24) is 0 Å². The molecule has 0 spiro atoms. The molecule has 0 aliphatic carbocycles. The maximum atomic E-state index is 8.22. The molecule has 1 radical (unpaired) electrons. The van der Waals surface area contributed by atoms with E-state index in [1.807, 2.05) is 6.07 Å². The molecule has 0 aromatic heterocycles. The molecule has 0 bridgehead atoms. The van der Waals surface area contributed by atoms with Gasteiger partial charge in [-0.05, 0) is 12.1 Å². The molecule has 0 amide bonds. The highest BCUT2D eigenvalue weighted by atomic mass is 35.5. The first kappa shape index (κ1) is 9.18. The zero-order chi connectivity index (χ0) is 8.97. The van der Waals surface area contributed by atoms with Crippen LogP contribution in [-0.4, -0.2) is 6.61 Å². The van der Waals surface area contributed by atoms with Crippen molar-refractivity contribution in [3.05, 3.63) is 28.2 Å². The van der Waals surface area contributed by atoms with E-state index >= 15 is 0 Å². The zero-order valence-corrected chi connectivity index (χ0v) is 7.49. The summed E-state index contributed by atoms with van der Waals surface area (Å²) in [7, 11) is 0. The summed E-state index contributed by atoms with van der Waals surface area (Å²) in [6.45, 7) is -0.0438. The Balaban J connectivity index is 2.81. The van der Waals surface area contributed by atoms with E-state index in [1.165, 1.54) is 12.1 Å². The van der Waals surface area contributed by atoms with E-state index in [4.69, 9.17) is 33.2 Å². The van der Waals surface area contributed by atoms with Gasteiger partial charge in [0.2, 0.25) is 0 Å². The van der Waals surface area contributed by atoms with Gasteiger partial charge in [-0.1, -0.05) is 23.2 Å². The molecule has 0 fully saturated rings. The van der Waals surface area contributed by atoms with Crippen LogP contribution in [0.1, 0.15) is 0 Å². The normalized spacial score (nSPS) is 9.08. The SMILES string of the molecule is N#CCOc1[c]cc(Cl)cc1Cl. The lowest BCUT2D eigenvalue weighted by atomic mass is 10.3. The first-order chi connectivity index (χ1) is 5.74. The summed E-state index contributed by atoms with van der Waals surface area (Å²) >= 11 is 11.3. The molecule has 0 saturated heterocycles. The molecule has 1 rings (SSSR count). The van der Waals surface area contributed by atoms with Gasteiger partial charge in [-0.3, -0.25) is 0 Å². The second kappa shape index (κ2) is 4.20. The van der Waals surface area contributed by atoms with Crippen LogP contribution in [0.4, 0.5) is 0 Å². The number of nitrogens with zero attached hydrogens (tertiary/aromatic N) is 1. The molecule has 0 saturated carbocycles. The smallest absolute Gasteiger partial charge is 0.174 e. The Kier molecular flexibility index (Phi) is 3.21. The Morgan fingerprint density at radius 2 is 2.33 bits per heavy atom. The molecule has 0 unspecified atom stereocenters. The fourth-order valence-electron chi connectivity index (χ4n) is 0.647. The third-order valence-corrected chi connectivity index (χ3v) is 1.60. The van der Waals surface area contributed by atoms with Crippen LogP contribution in [0.5, 0.6) is 5.75 Å². The summed E-state index contributed by atoms with van der Waals surface area (Å²) in [5.74, 6) is 0.350. The van der Waals surface area contributed by atoms with E-state index in [0.29, 0.717) is 15.8 Å². The van der Waals surface area contributed by atoms with Crippen LogP contribution in [-0.2, 0) is 0 Å². The molecule has 0 N–H and O–H groups in total. The first-order valence-electron chi connectivity index (χ1n) is 3.10. The molecule has 0 aliphatic rings. The average Bonchev–Trinajstić information content (AvgIpc) is 2.03. The lowest BCUT2D eigenvalue weighted by Crippen LogP contribution is -1.93. The average molecular weight is 201 g/mol. The summed E-state index contributed by atoms with van der Waals surface area (Å²) in [4.78, 5) is 0. The fraction of sp³-hybridized carbons (Fsp3) is 0.125. The van der Waals surface area contributed by atoms with Crippen LogP contribution in [0.25, 0.3) is 0 Å². The summed E-state index contributed by atoms with van der Waals surface area (Å²) in [5.41, 5.74) is 0. The molecular formula is C8H4Cl2NO. The number of ether oxygens (including phenoxy) is 1. The lowest BCUT2D eigenvalue weighted by Gasteiger charge is -2.02. The van der Waals surface area contributed by atoms with Crippen LogP contribution < -0.4 is 4.74 Å². The Morgan fingerprint density at radius 1 is 1.58 bits per heavy atom. The number of nitriles is 1. The molecule has 0 aliphatic heterocycles. The third-order valence-electron chi connectivity index (χ3n) is 1.10. The summed E-state index contributed by atoms with van der Waals surface area (Å²) in [5, 5.41) is 9.06.